The number of phenols is 1. The fourth-order valence-corrected chi connectivity index (χ4v) is 1.40. The summed E-state index contributed by atoms with van der Waals surface area (Å²) in [4.78, 5) is 11.7. The second kappa shape index (κ2) is 6.75. The number of aliphatic hydroxyl groups excluding tert-OH is 1. The molecule has 1 aromatic carbocycles. The lowest BCUT2D eigenvalue weighted by Gasteiger charge is -2.09. The summed E-state index contributed by atoms with van der Waals surface area (Å²) in [6.07, 6.45) is 1.34. The highest BCUT2D eigenvalue weighted by molar-refractivity contribution is 5.97. The zero-order valence-electron chi connectivity index (χ0n) is 9.77. The quantitative estimate of drug-likeness (QED) is 0.644. The van der Waals surface area contributed by atoms with Crippen LogP contribution in [0.15, 0.2) is 18.2 Å². The number of aliphatic hydroxyl groups is 1. The predicted molar refractivity (Wildman–Crippen MR) is 63.3 cm³/mol. The highest BCUT2D eigenvalue weighted by Crippen LogP contribution is 2.29. The number of ether oxygens (including phenoxy) is 1. The van der Waals surface area contributed by atoms with Gasteiger partial charge in [0.1, 0.15) is 0 Å². The summed E-state index contributed by atoms with van der Waals surface area (Å²) < 4.78 is 4.92. The van der Waals surface area contributed by atoms with E-state index in [1.54, 1.807) is 12.1 Å². The van der Waals surface area contributed by atoms with Crippen LogP contribution in [0.5, 0.6) is 11.5 Å². The van der Waals surface area contributed by atoms with Crippen LogP contribution in [0.25, 0.3) is 0 Å². The molecule has 0 fully saturated rings. The van der Waals surface area contributed by atoms with E-state index in [4.69, 9.17) is 9.84 Å². The Labute approximate surface area is 100 Å². The first-order valence-corrected chi connectivity index (χ1v) is 5.45. The minimum Gasteiger partial charge on any atom is -0.504 e. The Bertz CT molecular complexity index is 379. The molecule has 0 aliphatic heterocycles. The third-order valence-corrected chi connectivity index (χ3v) is 2.33. The fraction of sp³-hybridized carbons (Fsp3) is 0.417. The van der Waals surface area contributed by atoms with Gasteiger partial charge in [0.05, 0.1) is 12.7 Å². The van der Waals surface area contributed by atoms with Gasteiger partial charge in [-0.2, -0.15) is 0 Å². The first-order chi connectivity index (χ1) is 8.20. The number of nitrogens with one attached hydrogen (secondary N) is 1. The Hall–Kier alpha value is -1.75. The number of methoxy groups -OCH3 is 1. The van der Waals surface area contributed by atoms with Crippen LogP contribution in [0, 0.1) is 0 Å². The van der Waals surface area contributed by atoms with Crippen molar-refractivity contribution in [1.82, 2.24) is 5.32 Å². The molecule has 0 heterocycles. The molecule has 0 radical (unpaired) electrons. The number of para-hydroxylation sites is 1. The average Bonchev–Trinajstić information content (AvgIpc) is 2.34. The molecule has 0 spiro atoms. The summed E-state index contributed by atoms with van der Waals surface area (Å²) in [5, 5.41) is 21.0. The maximum Gasteiger partial charge on any atom is 0.255 e. The van der Waals surface area contributed by atoms with Gasteiger partial charge in [-0.15, -0.1) is 0 Å². The lowest BCUT2D eigenvalue weighted by Crippen LogP contribution is -2.24. The molecule has 94 valence electrons. The molecule has 0 saturated heterocycles. The largest absolute Gasteiger partial charge is 0.504 e. The molecule has 0 aromatic heterocycles. The van der Waals surface area contributed by atoms with E-state index >= 15 is 0 Å². The van der Waals surface area contributed by atoms with E-state index in [1.807, 2.05) is 0 Å². The molecule has 5 heteroatoms. The Balaban J connectivity index is 2.62. The van der Waals surface area contributed by atoms with Crippen LogP contribution in [0.1, 0.15) is 23.2 Å². The number of unbranched alkanes of at least 4 members (excludes halogenated alkanes) is 1. The topological polar surface area (TPSA) is 78.8 Å². The third kappa shape index (κ3) is 3.64. The van der Waals surface area contributed by atoms with Crippen LogP contribution in [0.4, 0.5) is 0 Å². The van der Waals surface area contributed by atoms with Gasteiger partial charge in [-0.1, -0.05) is 6.07 Å². The zero-order chi connectivity index (χ0) is 12.7. The second-order valence-corrected chi connectivity index (χ2v) is 3.54. The van der Waals surface area contributed by atoms with Crippen molar-refractivity contribution < 1.29 is 19.7 Å². The average molecular weight is 239 g/mol. The predicted octanol–water partition coefficient (Wildman–Crippen LogP) is 0.903. The van der Waals surface area contributed by atoms with E-state index < -0.39 is 0 Å². The maximum absolute atomic E-state index is 11.7. The molecule has 1 aromatic rings. The SMILES string of the molecule is COc1cccc(C(=O)NCCCCO)c1O. The standard InChI is InChI=1S/C12H17NO4/c1-17-10-6-4-5-9(11(10)15)12(16)13-7-2-3-8-14/h4-6,14-15H,2-3,7-8H2,1H3,(H,13,16). The van der Waals surface area contributed by atoms with Gasteiger partial charge in [-0.25, -0.2) is 0 Å². The summed E-state index contributed by atoms with van der Waals surface area (Å²) in [6.45, 7) is 0.580. The summed E-state index contributed by atoms with van der Waals surface area (Å²) in [6, 6.07) is 4.75. The number of amides is 1. The highest BCUT2D eigenvalue weighted by atomic mass is 16.5. The van der Waals surface area contributed by atoms with E-state index in [0.29, 0.717) is 19.4 Å². The van der Waals surface area contributed by atoms with Gasteiger partial charge in [0.2, 0.25) is 0 Å². The summed E-state index contributed by atoms with van der Waals surface area (Å²) >= 11 is 0. The van der Waals surface area contributed by atoms with E-state index in [9.17, 15) is 9.90 Å². The van der Waals surface area contributed by atoms with Gasteiger partial charge in [0, 0.05) is 13.2 Å². The molecule has 1 rings (SSSR count). The van der Waals surface area contributed by atoms with Gasteiger partial charge < -0.3 is 20.3 Å². The minimum atomic E-state index is -0.348. The number of hydrogen-bond donors (Lipinski definition) is 3. The normalized spacial score (nSPS) is 10.0. The summed E-state index contributed by atoms with van der Waals surface area (Å²) in [5.74, 6) is -0.234. The first-order valence-electron chi connectivity index (χ1n) is 5.45. The number of phenolic OH excluding ortho intramolecular Hbond substituents is 1. The van der Waals surface area contributed by atoms with Crippen LogP contribution in [-0.2, 0) is 0 Å². The summed E-state index contributed by atoms with van der Waals surface area (Å²) in [5.41, 5.74) is 0.188. The molecule has 0 bridgehead atoms. The molecule has 3 N–H and O–H groups in total. The number of aromatic hydroxyl groups is 1. The van der Waals surface area contributed by atoms with Crippen LogP contribution in [0.2, 0.25) is 0 Å². The van der Waals surface area contributed by atoms with Crippen molar-refractivity contribution in [3.8, 4) is 11.5 Å². The van der Waals surface area contributed by atoms with Gasteiger partial charge in [-0.05, 0) is 25.0 Å². The maximum atomic E-state index is 11.7. The second-order valence-electron chi connectivity index (χ2n) is 3.54. The van der Waals surface area contributed by atoms with Crippen LogP contribution < -0.4 is 10.1 Å². The molecule has 0 aliphatic rings. The molecule has 5 nitrogen and oxygen atoms in total. The van der Waals surface area contributed by atoms with Crippen molar-refractivity contribution in [2.45, 2.75) is 12.8 Å². The molecule has 0 atom stereocenters. The van der Waals surface area contributed by atoms with Gasteiger partial charge in [0.15, 0.2) is 11.5 Å². The van der Waals surface area contributed by atoms with Crippen molar-refractivity contribution in [2.24, 2.45) is 0 Å². The highest BCUT2D eigenvalue weighted by Gasteiger charge is 2.13. The van der Waals surface area contributed by atoms with Crippen LogP contribution in [-0.4, -0.2) is 36.4 Å². The zero-order valence-corrected chi connectivity index (χ0v) is 9.77. The Morgan fingerprint density at radius 2 is 2.18 bits per heavy atom. The Morgan fingerprint density at radius 3 is 2.82 bits per heavy atom. The van der Waals surface area contributed by atoms with Gasteiger partial charge >= 0.3 is 0 Å². The molecule has 0 aliphatic carbocycles. The number of carbonyl (C=O) groups excluding carboxylic acids is 1. The monoisotopic (exact) mass is 239 g/mol. The van der Waals surface area contributed by atoms with Crippen molar-refractivity contribution in [3.63, 3.8) is 0 Å². The molecule has 17 heavy (non-hydrogen) atoms. The molecule has 0 unspecified atom stereocenters. The molecular weight excluding hydrogens is 222 g/mol. The number of hydrogen-bond acceptors (Lipinski definition) is 4. The Kier molecular flexibility index (Phi) is 5.29. The lowest BCUT2D eigenvalue weighted by molar-refractivity contribution is 0.0949. The number of carbonyl (C=O) groups is 1. The van der Waals surface area contributed by atoms with Gasteiger partial charge in [0.25, 0.3) is 5.91 Å². The van der Waals surface area contributed by atoms with Crippen LogP contribution >= 0.6 is 0 Å². The van der Waals surface area contributed by atoms with Crippen molar-refractivity contribution in [1.29, 1.82) is 0 Å². The molecular formula is C12H17NO4. The van der Waals surface area contributed by atoms with Crippen molar-refractivity contribution in [2.75, 3.05) is 20.3 Å². The number of benzene rings is 1. The first kappa shape index (κ1) is 13.3. The van der Waals surface area contributed by atoms with Crippen molar-refractivity contribution >= 4 is 5.91 Å². The van der Waals surface area contributed by atoms with E-state index in [-0.39, 0.29) is 29.6 Å². The van der Waals surface area contributed by atoms with E-state index in [2.05, 4.69) is 5.32 Å². The smallest absolute Gasteiger partial charge is 0.255 e. The summed E-state index contributed by atoms with van der Waals surface area (Å²) in [7, 11) is 1.43. The molecule has 1 amide bonds. The Morgan fingerprint density at radius 1 is 1.41 bits per heavy atom. The third-order valence-electron chi connectivity index (χ3n) is 2.33. The lowest BCUT2D eigenvalue weighted by atomic mass is 10.1. The van der Waals surface area contributed by atoms with Gasteiger partial charge in [-0.3, -0.25) is 4.79 Å². The fourth-order valence-electron chi connectivity index (χ4n) is 1.40. The van der Waals surface area contributed by atoms with Crippen LogP contribution in [0.3, 0.4) is 0 Å². The van der Waals surface area contributed by atoms with Crippen molar-refractivity contribution in [3.05, 3.63) is 23.8 Å². The van der Waals surface area contributed by atoms with E-state index in [0.717, 1.165) is 0 Å². The minimum absolute atomic E-state index is 0.111. The number of rotatable bonds is 6. The molecule has 0 saturated carbocycles. The van der Waals surface area contributed by atoms with E-state index in [1.165, 1.54) is 13.2 Å².